The van der Waals surface area contributed by atoms with Crippen molar-refractivity contribution in [1.29, 1.82) is 0 Å². The Bertz CT molecular complexity index is 658. The third kappa shape index (κ3) is 4.83. The number of nitro groups is 1. The molecule has 108 valence electrons. The van der Waals surface area contributed by atoms with Gasteiger partial charge in [-0.05, 0) is 58.0 Å². The van der Waals surface area contributed by atoms with E-state index in [0.717, 1.165) is 9.13 Å². The molecule has 0 spiro atoms. The van der Waals surface area contributed by atoms with Crippen molar-refractivity contribution in [3.63, 3.8) is 0 Å². The van der Waals surface area contributed by atoms with Crippen LogP contribution in [0.15, 0.2) is 53.9 Å². The summed E-state index contributed by atoms with van der Waals surface area (Å²) in [6.07, 6.45) is 1.54. The van der Waals surface area contributed by atoms with E-state index in [1.165, 1.54) is 11.5 Å². The zero-order valence-electron chi connectivity index (χ0n) is 10.9. The lowest BCUT2D eigenvalue weighted by Gasteiger charge is -2.06. The molecule has 0 aliphatic rings. The lowest BCUT2D eigenvalue weighted by Crippen LogP contribution is -2.00. The van der Waals surface area contributed by atoms with Gasteiger partial charge in [0, 0.05) is 15.2 Å². The zero-order chi connectivity index (χ0) is 15.2. The summed E-state index contributed by atoms with van der Waals surface area (Å²) in [5.41, 5.74) is 1.44. The molecular formula is C15H12INO3S. The van der Waals surface area contributed by atoms with Crippen LogP contribution >= 0.6 is 22.6 Å². The maximum absolute atomic E-state index is 12.0. The predicted octanol–water partition coefficient (Wildman–Crippen LogP) is 4.12. The molecule has 1 unspecified atom stereocenters. The minimum Gasteiger partial charge on any atom is -0.612 e. The number of halogens is 1. The van der Waals surface area contributed by atoms with Gasteiger partial charge in [0.15, 0.2) is 0 Å². The van der Waals surface area contributed by atoms with Crippen LogP contribution in [-0.2, 0) is 16.9 Å². The van der Waals surface area contributed by atoms with Crippen LogP contribution in [0.2, 0.25) is 0 Å². The number of benzene rings is 2. The maximum Gasteiger partial charge on any atom is 0.276 e. The minimum atomic E-state index is -1.21. The number of nitro benzene ring substituents is 1. The van der Waals surface area contributed by atoms with Gasteiger partial charge in [-0.25, -0.2) is 0 Å². The lowest BCUT2D eigenvalue weighted by atomic mass is 10.2. The monoisotopic (exact) mass is 413 g/mol. The normalized spacial score (nSPS) is 12.5. The number of hydrogen-bond donors (Lipinski definition) is 0. The molecule has 21 heavy (non-hydrogen) atoms. The summed E-state index contributed by atoms with van der Waals surface area (Å²) in [6, 6.07) is 14.2. The molecule has 0 bridgehead atoms. The van der Waals surface area contributed by atoms with E-state index in [4.69, 9.17) is 0 Å². The molecule has 6 heteroatoms. The van der Waals surface area contributed by atoms with Crippen molar-refractivity contribution in [3.8, 4) is 0 Å². The molecule has 0 radical (unpaired) electrons. The fourth-order valence-corrected chi connectivity index (χ4v) is 3.01. The summed E-state index contributed by atoms with van der Waals surface area (Å²) in [5.74, 6) is 0.397. The van der Waals surface area contributed by atoms with Crippen molar-refractivity contribution in [2.45, 2.75) is 5.75 Å². The van der Waals surface area contributed by atoms with E-state index >= 15 is 0 Å². The second-order valence-electron chi connectivity index (χ2n) is 4.27. The molecule has 4 nitrogen and oxygen atoms in total. The van der Waals surface area contributed by atoms with E-state index < -0.39 is 16.1 Å². The summed E-state index contributed by atoms with van der Waals surface area (Å²) in [4.78, 5) is 10.4. The van der Waals surface area contributed by atoms with Crippen molar-refractivity contribution in [1.82, 2.24) is 0 Å². The van der Waals surface area contributed by atoms with Crippen molar-refractivity contribution < 1.29 is 9.48 Å². The molecule has 2 rings (SSSR count). The summed E-state index contributed by atoms with van der Waals surface area (Å²) in [6.45, 7) is 0. The highest BCUT2D eigenvalue weighted by atomic mass is 127. The Morgan fingerprint density at radius 2 is 1.81 bits per heavy atom. The lowest BCUT2D eigenvalue weighted by molar-refractivity contribution is -0.385. The third-order valence-electron chi connectivity index (χ3n) is 2.76. The van der Waals surface area contributed by atoms with Gasteiger partial charge in [-0.2, -0.15) is 0 Å². The van der Waals surface area contributed by atoms with Gasteiger partial charge < -0.3 is 4.55 Å². The first-order valence-corrected chi connectivity index (χ1v) is 8.55. The van der Waals surface area contributed by atoms with Crippen molar-refractivity contribution in [2.24, 2.45) is 0 Å². The van der Waals surface area contributed by atoms with Gasteiger partial charge in [0.1, 0.15) is 11.2 Å². The van der Waals surface area contributed by atoms with Crippen molar-refractivity contribution in [2.75, 3.05) is 0 Å². The zero-order valence-corrected chi connectivity index (χ0v) is 13.9. The molecule has 1 atom stereocenters. The number of hydrogen-bond acceptors (Lipinski definition) is 3. The van der Waals surface area contributed by atoms with Crippen LogP contribution in [0.1, 0.15) is 11.1 Å². The Labute approximate surface area is 139 Å². The smallest absolute Gasteiger partial charge is 0.276 e. The van der Waals surface area contributed by atoms with Gasteiger partial charge in [0.2, 0.25) is 0 Å². The van der Waals surface area contributed by atoms with E-state index in [2.05, 4.69) is 22.6 Å². The fourth-order valence-electron chi connectivity index (χ4n) is 1.74. The molecule has 2 aromatic carbocycles. The Balaban J connectivity index is 2.07. The molecule has 0 saturated heterocycles. The van der Waals surface area contributed by atoms with E-state index in [9.17, 15) is 14.7 Å². The standard InChI is InChI=1S/C15H12INO3S/c16-14-7-5-12(6-8-14)11-21(20)10-9-13-3-1-2-4-15(13)17(18)19/h1-10H,11H2. The Hall–Kier alpha value is -1.38. The first kappa shape index (κ1) is 16.0. The molecule has 0 N–H and O–H groups in total. The van der Waals surface area contributed by atoms with Crippen LogP contribution in [0.5, 0.6) is 0 Å². The van der Waals surface area contributed by atoms with Crippen molar-refractivity contribution >= 4 is 45.5 Å². The largest absolute Gasteiger partial charge is 0.612 e. The quantitative estimate of drug-likeness (QED) is 0.321. The molecule has 0 fully saturated rings. The van der Waals surface area contributed by atoms with Crippen LogP contribution in [0.3, 0.4) is 0 Å². The molecule has 2 aromatic rings. The van der Waals surface area contributed by atoms with Gasteiger partial charge in [-0.15, -0.1) is 0 Å². The van der Waals surface area contributed by atoms with Crippen LogP contribution in [0, 0.1) is 13.7 Å². The maximum atomic E-state index is 12.0. The van der Waals surface area contributed by atoms with Crippen LogP contribution in [0.25, 0.3) is 6.08 Å². The number of rotatable bonds is 5. The minimum absolute atomic E-state index is 0.0139. The van der Waals surface area contributed by atoms with E-state index in [1.807, 2.05) is 24.3 Å². The topological polar surface area (TPSA) is 66.2 Å². The van der Waals surface area contributed by atoms with E-state index in [-0.39, 0.29) is 5.69 Å². The molecule has 0 aromatic heterocycles. The van der Waals surface area contributed by atoms with Gasteiger partial charge >= 0.3 is 0 Å². The molecule has 0 aliphatic carbocycles. The summed E-state index contributed by atoms with van der Waals surface area (Å²) in [7, 11) is 0. The fraction of sp³-hybridized carbons (Fsp3) is 0.0667. The van der Waals surface area contributed by atoms with Crippen LogP contribution < -0.4 is 0 Å². The summed E-state index contributed by atoms with van der Waals surface area (Å²) < 4.78 is 13.1. The second-order valence-corrected chi connectivity index (χ2v) is 6.84. The van der Waals surface area contributed by atoms with Crippen LogP contribution in [0.4, 0.5) is 5.69 Å². The first-order chi connectivity index (χ1) is 10.1. The van der Waals surface area contributed by atoms with Gasteiger partial charge in [0.05, 0.1) is 10.5 Å². The number of nitrogens with zero attached hydrogens (tertiary/aromatic N) is 1. The first-order valence-electron chi connectivity index (χ1n) is 6.09. The highest BCUT2D eigenvalue weighted by Gasteiger charge is 2.11. The Kier molecular flexibility index (Phi) is 5.77. The molecule has 0 saturated carbocycles. The number of para-hydroxylation sites is 1. The highest BCUT2D eigenvalue weighted by molar-refractivity contribution is 14.1. The highest BCUT2D eigenvalue weighted by Crippen LogP contribution is 2.20. The molecule has 0 heterocycles. The van der Waals surface area contributed by atoms with Gasteiger partial charge in [0.25, 0.3) is 5.69 Å². The average Bonchev–Trinajstić information content (AvgIpc) is 2.48. The average molecular weight is 413 g/mol. The molecular weight excluding hydrogens is 401 g/mol. The SMILES string of the molecule is O=[N+]([O-])c1ccccc1C=C[S+]([O-])Cc1ccc(I)cc1. The Morgan fingerprint density at radius 1 is 1.14 bits per heavy atom. The Morgan fingerprint density at radius 3 is 2.48 bits per heavy atom. The van der Waals surface area contributed by atoms with Crippen LogP contribution in [-0.4, -0.2) is 9.48 Å². The molecule has 0 amide bonds. The van der Waals surface area contributed by atoms with Gasteiger partial charge in [-0.1, -0.05) is 24.3 Å². The van der Waals surface area contributed by atoms with E-state index in [0.29, 0.717) is 11.3 Å². The summed E-state index contributed by atoms with van der Waals surface area (Å²) >= 11 is 1.01. The van der Waals surface area contributed by atoms with Gasteiger partial charge in [-0.3, -0.25) is 10.1 Å². The third-order valence-corrected chi connectivity index (χ3v) is 4.53. The second kappa shape index (κ2) is 7.58. The molecule has 0 aliphatic heterocycles. The van der Waals surface area contributed by atoms with Crippen molar-refractivity contribution in [3.05, 3.63) is 78.8 Å². The van der Waals surface area contributed by atoms with E-state index in [1.54, 1.807) is 24.3 Å². The summed E-state index contributed by atoms with van der Waals surface area (Å²) in [5, 5.41) is 12.4. The predicted molar refractivity (Wildman–Crippen MR) is 93.1 cm³/mol.